The maximum Gasteiger partial charge on any atom is 0.112 e. The first-order chi connectivity index (χ1) is 7.76. The third-order valence-electron chi connectivity index (χ3n) is 2.48. The summed E-state index contributed by atoms with van der Waals surface area (Å²) in [4.78, 5) is 4.34. The Bertz CT molecular complexity index is 492. The standard InChI is InChI=1S/C12H12Br2N2/c1-2-12-15-5-6-16(12)11-4-3-10(14)7-9(11)8-13/h3-7H,2,8H2,1H3. The van der Waals surface area contributed by atoms with Gasteiger partial charge in [0, 0.05) is 28.6 Å². The van der Waals surface area contributed by atoms with Crippen LogP contribution in [0, 0.1) is 0 Å². The first-order valence-corrected chi connectivity index (χ1v) is 7.04. The molecule has 0 aliphatic carbocycles. The number of aromatic nitrogens is 2. The molecule has 2 nitrogen and oxygen atoms in total. The van der Waals surface area contributed by atoms with E-state index < -0.39 is 0 Å². The highest BCUT2D eigenvalue weighted by Gasteiger charge is 2.07. The van der Waals surface area contributed by atoms with E-state index in [9.17, 15) is 0 Å². The molecule has 2 aromatic rings. The van der Waals surface area contributed by atoms with Crippen molar-refractivity contribution in [1.82, 2.24) is 9.55 Å². The summed E-state index contributed by atoms with van der Waals surface area (Å²) in [5, 5.41) is 0.836. The summed E-state index contributed by atoms with van der Waals surface area (Å²) in [6.45, 7) is 2.12. The Kier molecular flexibility index (Phi) is 3.82. The quantitative estimate of drug-likeness (QED) is 0.767. The van der Waals surface area contributed by atoms with Crippen LogP contribution in [-0.4, -0.2) is 9.55 Å². The van der Waals surface area contributed by atoms with Crippen molar-refractivity contribution in [2.24, 2.45) is 0 Å². The first-order valence-electron chi connectivity index (χ1n) is 5.13. The molecule has 1 heterocycles. The van der Waals surface area contributed by atoms with E-state index in [-0.39, 0.29) is 0 Å². The molecule has 0 atom stereocenters. The molecular formula is C12H12Br2N2. The molecule has 0 fully saturated rings. The SMILES string of the molecule is CCc1nccn1-c1ccc(Br)cc1CBr. The minimum Gasteiger partial charge on any atom is -0.303 e. The minimum absolute atomic E-state index is 0.836. The van der Waals surface area contributed by atoms with Gasteiger partial charge in [0.25, 0.3) is 0 Å². The van der Waals surface area contributed by atoms with Gasteiger partial charge in [-0.25, -0.2) is 4.98 Å². The van der Waals surface area contributed by atoms with E-state index in [0.717, 1.165) is 22.0 Å². The molecule has 2 rings (SSSR count). The van der Waals surface area contributed by atoms with Gasteiger partial charge >= 0.3 is 0 Å². The van der Waals surface area contributed by atoms with Crippen LogP contribution >= 0.6 is 31.9 Å². The second-order valence-electron chi connectivity index (χ2n) is 3.47. The molecule has 0 aliphatic heterocycles. The Labute approximate surface area is 112 Å². The van der Waals surface area contributed by atoms with Crippen molar-refractivity contribution in [2.45, 2.75) is 18.7 Å². The van der Waals surface area contributed by atoms with Crippen LogP contribution < -0.4 is 0 Å². The average molecular weight is 344 g/mol. The average Bonchev–Trinajstić information content (AvgIpc) is 2.76. The van der Waals surface area contributed by atoms with Gasteiger partial charge in [0.15, 0.2) is 0 Å². The van der Waals surface area contributed by atoms with Crippen LogP contribution in [0.5, 0.6) is 0 Å². The Morgan fingerprint density at radius 2 is 2.19 bits per heavy atom. The van der Waals surface area contributed by atoms with Crippen molar-refractivity contribution in [3.8, 4) is 5.69 Å². The molecule has 0 aliphatic rings. The van der Waals surface area contributed by atoms with Crippen LogP contribution in [0.4, 0.5) is 0 Å². The molecule has 84 valence electrons. The number of aryl methyl sites for hydroxylation is 1. The Morgan fingerprint density at radius 1 is 1.38 bits per heavy atom. The zero-order valence-corrected chi connectivity index (χ0v) is 12.1. The fraction of sp³-hybridized carbons (Fsp3) is 0.250. The predicted octanol–water partition coefficient (Wildman–Crippen LogP) is 4.09. The largest absolute Gasteiger partial charge is 0.303 e. The van der Waals surface area contributed by atoms with Gasteiger partial charge in [-0.3, -0.25) is 0 Å². The number of hydrogen-bond donors (Lipinski definition) is 0. The first kappa shape index (κ1) is 11.9. The van der Waals surface area contributed by atoms with E-state index in [1.165, 1.54) is 11.3 Å². The van der Waals surface area contributed by atoms with Gasteiger partial charge in [-0.15, -0.1) is 0 Å². The van der Waals surface area contributed by atoms with Crippen molar-refractivity contribution >= 4 is 31.9 Å². The molecule has 0 saturated heterocycles. The maximum atomic E-state index is 4.34. The molecule has 0 spiro atoms. The monoisotopic (exact) mass is 342 g/mol. The molecule has 0 bridgehead atoms. The zero-order valence-electron chi connectivity index (χ0n) is 8.95. The fourth-order valence-corrected chi connectivity index (χ4v) is 2.57. The lowest BCUT2D eigenvalue weighted by atomic mass is 10.2. The van der Waals surface area contributed by atoms with Crippen LogP contribution in [-0.2, 0) is 11.8 Å². The van der Waals surface area contributed by atoms with Gasteiger partial charge in [-0.05, 0) is 23.8 Å². The molecule has 0 saturated carbocycles. The van der Waals surface area contributed by atoms with Gasteiger partial charge in [0.05, 0.1) is 5.69 Å². The molecule has 0 N–H and O–H groups in total. The molecular weight excluding hydrogens is 332 g/mol. The number of halogens is 2. The predicted molar refractivity (Wildman–Crippen MR) is 73.3 cm³/mol. The summed E-state index contributed by atoms with van der Waals surface area (Å²) in [7, 11) is 0. The van der Waals surface area contributed by atoms with E-state index in [0.29, 0.717) is 0 Å². The van der Waals surface area contributed by atoms with Crippen molar-refractivity contribution in [3.05, 3.63) is 46.5 Å². The second-order valence-corrected chi connectivity index (χ2v) is 4.95. The van der Waals surface area contributed by atoms with Crippen molar-refractivity contribution < 1.29 is 0 Å². The van der Waals surface area contributed by atoms with Gasteiger partial charge in [-0.1, -0.05) is 38.8 Å². The van der Waals surface area contributed by atoms with Crippen LogP contribution in [0.1, 0.15) is 18.3 Å². The summed E-state index contributed by atoms with van der Waals surface area (Å²) in [6.07, 6.45) is 4.79. The highest BCUT2D eigenvalue weighted by atomic mass is 79.9. The minimum atomic E-state index is 0.836. The van der Waals surface area contributed by atoms with Gasteiger partial charge in [0.2, 0.25) is 0 Å². The van der Waals surface area contributed by atoms with Crippen LogP contribution in [0.2, 0.25) is 0 Å². The van der Waals surface area contributed by atoms with Crippen LogP contribution in [0.3, 0.4) is 0 Å². The molecule has 4 heteroatoms. The van der Waals surface area contributed by atoms with Crippen molar-refractivity contribution in [3.63, 3.8) is 0 Å². The third kappa shape index (κ3) is 2.23. The summed E-state index contributed by atoms with van der Waals surface area (Å²) >= 11 is 7.01. The number of benzene rings is 1. The molecule has 0 radical (unpaired) electrons. The normalized spacial score (nSPS) is 10.7. The number of nitrogens with zero attached hydrogens (tertiary/aromatic N) is 2. The molecule has 1 aromatic carbocycles. The fourth-order valence-electron chi connectivity index (χ4n) is 1.71. The molecule has 16 heavy (non-hydrogen) atoms. The smallest absolute Gasteiger partial charge is 0.112 e. The van der Waals surface area contributed by atoms with E-state index in [2.05, 4.69) is 66.5 Å². The van der Waals surface area contributed by atoms with Crippen LogP contribution in [0.25, 0.3) is 5.69 Å². The van der Waals surface area contributed by atoms with E-state index in [1.54, 1.807) is 0 Å². The Hall–Kier alpha value is -0.610. The Morgan fingerprint density at radius 3 is 2.88 bits per heavy atom. The highest BCUT2D eigenvalue weighted by Crippen LogP contribution is 2.23. The van der Waals surface area contributed by atoms with E-state index >= 15 is 0 Å². The molecule has 0 unspecified atom stereocenters. The van der Waals surface area contributed by atoms with E-state index in [1.807, 2.05) is 12.4 Å². The molecule has 0 amide bonds. The summed E-state index contributed by atoms with van der Waals surface area (Å²) in [6, 6.07) is 6.30. The maximum absolute atomic E-state index is 4.34. The third-order valence-corrected chi connectivity index (χ3v) is 3.58. The molecule has 1 aromatic heterocycles. The van der Waals surface area contributed by atoms with Crippen molar-refractivity contribution in [1.29, 1.82) is 0 Å². The number of imidazole rings is 1. The lowest BCUT2D eigenvalue weighted by Crippen LogP contribution is -2.02. The lowest BCUT2D eigenvalue weighted by molar-refractivity contribution is 0.885. The second kappa shape index (κ2) is 5.15. The number of rotatable bonds is 3. The summed E-state index contributed by atoms with van der Waals surface area (Å²) in [5.74, 6) is 1.09. The topological polar surface area (TPSA) is 17.8 Å². The summed E-state index contributed by atoms with van der Waals surface area (Å²) in [5.41, 5.74) is 2.44. The van der Waals surface area contributed by atoms with Gasteiger partial charge in [-0.2, -0.15) is 0 Å². The van der Waals surface area contributed by atoms with Gasteiger partial charge < -0.3 is 4.57 Å². The highest BCUT2D eigenvalue weighted by molar-refractivity contribution is 9.10. The van der Waals surface area contributed by atoms with E-state index in [4.69, 9.17) is 0 Å². The lowest BCUT2D eigenvalue weighted by Gasteiger charge is -2.11. The zero-order chi connectivity index (χ0) is 11.5. The van der Waals surface area contributed by atoms with Crippen LogP contribution in [0.15, 0.2) is 35.1 Å². The Balaban J connectivity index is 2.55. The van der Waals surface area contributed by atoms with Crippen molar-refractivity contribution in [2.75, 3.05) is 0 Å². The van der Waals surface area contributed by atoms with Gasteiger partial charge in [0.1, 0.15) is 5.82 Å². The summed E-state index contributed by atoms with van der Waals surface area (Å²) < 4.78 is 3.24. The number of alkyl halides is 1. The number of hydrogen-bond acceptors (Lipinski definition) is 1.